The quantitative estimate of drug-likeness (QED) is 0.289. The molecule has 1 N–H and O–H groups in total. The molecule has 0 aliphatic carbocycles. The summed E-state index contributed by atoms with van der Waals surface area (Å²) in [6.45, 7) is 10.5. The fourth-order valence-corrected chi connectivity index (χ4v) is 7.71. The molecular formula is C33H37BrClNO5S. The molecule has 42 heavy (non-hydrogen) atoms. The van der Waals surface area contributed by atoms with Crippen molar-refractivity contribution in [3.05, 3.63) is 92.9 Å². The summed E-state index contributed by atoms with van der Waals surface area (Å²) in [5.41, 5.74) is 2.51. The molecular weight excluding hydrogens is 638 g/mol. The minimum absolute atomic E-state index is 0.0162. The van der Waals surface area contributed by atoms with Crippen molar-refractivity contribution in [1.29, 1.82) is 0 Å². The lowest BCUT2D eigenvalue weighted by Gasteiger charge is -2.51. The van der Waals surface area contributed by atoms with E-state index in [0.29, 0.717) is 28.8 Å². The SMILES string of the molecule is CC(C)(C)c1ccc2c(c1)OC(C)(C)[C@H]1C[C@@H](C(=O)NS(=O)(=O)c3cccc(Br)c3)[C@H](CCc3ccc(Cl)cc3)O[C@H]21. The fourth-order valence-electron chi connectivity index (χ4n) is 5.96. The van der Waals surface area contributed by atoms with Crippen LogP contribution in [-0.4, -0.2) is 26.0 Å². The monoisotopic (exact) mass is 673 g/mol. The molecule has 0 bridgehead atoms. The van der Waals surface area contributed by atoms with E-state index < -0.39 is 33.6 Å². The Bertz CT molecular complexity index is 1580. The van der Waals surface area contributed by atoms with E-state index in [9.17, 15) is 13.2 Å². The summed E-state index contributed by atoms with van der Waals surface area (Å²) in [7, 11) is -4.08. The molecule has 3 aromatic rings. The maximum Gasteiger partial charge on any atom is 0.264 e. The zero-order chi connectivity index (χ0) is 30.4. The number of halogens is 2. The number of amides is 1. The molecule has 9 heteroatoms. The van der Waals surface area contributed by atoms with Crippen molar-refractivity contribution >= 4 is 43.5 Å². The van der Waals surface area contributed by atoms with Gasteiger partial charge in [0, 0.05) is 21.0 Å². The van der Waals surface area contributed by atoms with Crippen LogP contribution in [0, 0.1) is 11.8 Å². The first-order valence-corrected chi connectivity index (χ1v) is 16.8. The topological polar surface area (TPSA) is 81.7 Å². The first-order valence-electron chi connectivity index (χ1n) is 14.2. The smallest absolute Gasteiger partial charge is 0.264 e. The standard InChI is InChI=1S/C33H37BrClNO5S/c1-32(2,3)21-12-15-25-29(17-21)41-33(4,5)27-19-26(31(37)36-42(38,39)24-8-6-7-22(34)18-24)28(40-30(25)27)16-11-20-9-13-23(35)14-10-20/h6-10,12-15,17-18,26-28,30H,11,16,19H2,1-5H3,(H,36,37)/t26-,27+,28+,30-/m1/s1. The van der Waals surface area contributed by atoms with Crippen molar-refractivity contribution in [2.24, 2.45) is 11.8 Å². The van der Waals surface area contributed by atoms with Gasteiger partial charge in [-0.3, -0.25) is 4.79 Å². The molecule has 2 aliphatic rings. The van der Waals surface area contributed by atoms with E-state index in [1.54, 1.807) is 12.1 Å². The summed E-state index contributed by atoms with van der Waals surface area (Å²) in [6.07, 6.45) is 0.805. The van der Waals surface area contributed by atoms with Crippen LogP contribution in [0.25, 0.3) is 0 Å². The van der Waals surface area contributed by atoms with Crippen LogP contribution in [0.15, 0.2) is 76.1 Å². The lowest BCUT2D eigenvalue weighted by molar-refractivity contribution is -0.179. The molecule has 1 saturated heterocycles. The number of carbonyl (C=O) groups excluding carboxylic acids is 1. The number of nitrogens with one attached hydrogen (secondary N) is 1. The molecule has 5 rings (SSSR count). The van der Waals surface area contributed by atoms with Crippen LogP contribution in [0.2, 0.25) is 5.02 Å². The fraction of sp³-hybridized carbons (Fsp3) is 0.424. The van der Waals surface area contributed by atoms with E-state index in [2.05, 4.69) is 59.6 Å². The number of aryl methyl sites for hydroxylation is 1. The molecule has 224 valence electrons. The van der Waals surface area contributed by atoms with Crippen LogP contribution in [-0.2, 0) is 31.4 Å². The van der Waals surface area contributed by atoms with Gasteiger partial charge in [0.1, 0.15) is 11.4 Å². The highest BCUT2D eigenvalue weighted by molar-refractivity contribution is 9.10. The maximum atomic E-state index is 13.8. The van der Waals surface area contributed by atoms with E-state index in [0.717, 1.165) is 16.9 Å². The van der Waals surface area contributed by atoms with Crippen molar-refractivity contribution in [2.45, 2.75) is 82.0 Å². The third-order valence-electron chi connectivity index (χ3n) is 8.40. The number of rotatable bonds is 6. The van der Waals surface area contributed by atoms with Gasteiger partial charge in [-0.2, -0.15) is 0 Å². The summed E-state index contributed by atoms with van der Waals surface area (Å²) in [5, 5.41) is 0.654. The van der Waals surface area contributed by atoms with Gasteiger partial charge in [-0.05, 0) is 86.1 Å². The van der Waals surface area contributed by atoms with Gasteiger partial charge < -0.3 is 9.47 Å². The van der Waals surface area contributed by atoms with Crippen LogP contribution < -0.4 is 9.46 Å². The third-order valence-corrected chi connectivity index (χ3v) is 10.5. The second kappa shape index (κ2) is 11.6. The van der Waals surface area contributed by atoms with E-state index in [1.165, 1.54) is 17.7 Å². The van der Waals surface area contributed by atoms with E-state index in [1.807, 2.05) is 38.1 Å². The molecule has 0 aromatic heterocycles. The molecule has 4 atom stereocenters. The number of fused-ring (bicyclic) bond motifs is 3. The first kappa shape index (κ1) is 31.0. The van der Waals surface area contributed by atoms with Crippen LogP contribution in [0.3, 0.4) is 0 Å². The molecule has 1 fully saturated rings. The second-order valence-electron chi connectivity index (χ2n) is 12.8. The predicted octanol–water partition coefficient (Wildman–Crippen LogP) is 7.77. The Morgan fingerprint density at radius 1 is 1.07 bits per heavy atom. The van der Waals surface area contributed by atoms with Crippen molar-refractivity contribution in [3.8, 4) is 5.75 Å². The van der Waals surface area contributed by atoms with Gasteiger partial charge in [0.25, 0.3) is 10.0 Å². The van der Waals surface area contributed by atoms with E-state index in [-0.39, 0.29) is 22.3 Å². The predicted molar refractivity (Wildman–Crippen MR) is 168 cm³/mol. The third kappa shape index (κ3) is 6.57. The van der Waals surface area contributed by atoms with Gasteiger partial charge >= 0.3 is 0 Å². The van der Waals surface area contributed by atoms with Crippen LogP contribution in [0.4, 0.5) is 0 Å². The summed E-state index contributed by atoms with van der Waals surface area (Å²) in [5.74, 6) is -0.634. The van der Waals surface area contributed by atoms with E-state index >= 15 is 0 Å². The Labute approximate surface area is 262 Å². The Morgan fingerprint density at radius 2 is 1.79 bits per heavy atom. The zero-order valence-electron chi connectivity index (χ0n) is 24.5. The Kier molecular flexibility index (Phi) is 8.58. The molecule has 2 aliphatic heterocycles. The molecule has 0 radical (unpaired) electrons. The van der Waals surface area contributed by atoms with Gasteiger partial charge in [0.2, 0.25) is 5.91 Å². The number of hydrogen-bond donors (Lipinski definition) is 1. The largest absolute Gasteiger partial charge is 0.487 e. The normalized spacial score (nSPS) is 23.3. The minimum atomic E-state index is -4.08. The molecule has 3 aromatic carbocycles. The van der Waals surface area contributed by atoms with Crippen molar-refractivity contribution in [1.82, 2.24) is 4.72 Å². The highest BCUT2D eigenvalue weighted by Crippen LogP contribution is 2.53. The Hall–Kier alpha value is -2.39. The van der Waals surface area contributed by atoms with Crippen LogP contribution in [0.5, 0.6) is 5.75 Å². The van der Waals surface area contributed by atoms with Gasteiger partial charge in [0.15, 0.2) is 0 Å². The molecule has 0 spiro atoms. The molecule has 6 nitrogen and oxygen atoms in total. The highest BCUT2D eigenvalue weighted by atomic mass is 79.9. The summed E-state index contributed by atoms with van der Waals surface area (Å²) < 4.78 is 42.8. The second-order valence-corrected chi connectivity index (χ2v) is 15.9. The zero-order valence-corrected chi connectivity index (χ0v) is 27.6. The minimum Gasteiger partial charge on any atom is -0.487 e. The average Bonchev–Trinajstić information content (AvgIpc) is 2.91. The number of sulfonamides is 1. The number of benzene rings is 3. The highest BCUT2D eigenvalue weighted by Gasteiger charge is 2.52. The van der Waals surface area contributed by atoms with Crippen LogP contribution in [0.1, 0.15) is 70.3 Å². The van der Waals surface area contributed by atoms with Gasteiger partial charge in [-0.25, -0.2) is 13.1 Å². The van der Waals surface area contributed by atoms with Gasteiger partial charge in [-0.1, -0.05) is 78.6 Å². The van der Waals surface area contributed by atoms with Crippen molar-refractivity contribution in [3.63, 3.8) is 0 Å². The number of carbonyl (C=O) groups is 1. The Morgan fingerprint density at radius 3 is 2.45 bits per heavy atom. The van der Waals surface area contributed by atoms with Gasteiger partial charge in [-0.15, -0.1) is 0 Å². The lowest BCUT2D eigenvalue weighted by atomic mass is 9.70. The average molecular weight is 675 g/mol. The van der Waals surface area contributed by atoms with Crippen molar-refractivity contribution in [2.75, 3.05) is 0 Å². The lowest BCUT2D eigenvalue weighted by Crippen LogP contribution is -2.54. The number of hydrogen-bond acceptors (Lipinski definition) is 5. The van der Waals surface area contributed by atoms with Gasteiger partial charge in [0.05, 0.1) is 23.0 Å². The number of ether oxygens (including phenoxy) is 2. The molecule has 2 heterocycles. The van der Waals surface area contributed by atoms with Crippen molar-refractivity contribution < 1.29 is 22.7 Å². The molecule has 1 amide bonds. The summed E-state index contributed by atoms with van der Waals surface area (Å²) in [6, 6.07) is 20.2. The van der Waals surface area contributed by atoms with E-state index in [4.69, 9.17) is 21.1 Å². The first-order chi connectivity index (χ1) is 19.6. The Balaban J connectivity index is 1.47. The summed E-state index contributed by atoms with van der Waals surface area (Å²) in [4.78, 5) is 13.8. The van der Waals surface area contributed by atoms with Crippen LogP contribution >= 0.6 is 27.5 Å². The maximum absolute atomic E-state index is 13.8. The molecule has 0 saturated carbocycles. The molecule has 0 unspecified atom stereocenters. The summed E-state index contributed by atoms with van der Waals surface area (Å²) >= 11 is 9.40.